The third kappa shape index (κ3) is 4.00. The van der Waals surface area contributed by atoms with Gasteiger partial charge in [0.25, 0.3) is 0 Å². The SMILES string of the molecule is CNC(=O)CC(C)Nc1ccc(I)cc1C. The summed E-state index contributed by atoms with van der Waals surface area (Å²) < 4.78 is 1.22. The van der Waals surface area contributed by atoms with E-state index < -0.39 is 0 Å². The van der Waals surface area contributed by atoms with Gasteiger partial charge in [-0.25, -0.2) is 0 Å². The van der Waals surface area contributed by atoms with Gasteiger partial charge in [-0.15, -0.1) is 0 Å². The molecule has 1 amide bonds. The topological polar surface area (TPSA) is 41.1 Å². The maximum atomic E-state index is 11.2. The van der Waals surface area contributed by atoms with E-state index in [2.05, 4.69) is 58.3 Å². The summed E-state index contributed by atoms with van der Waals surface area (Å²) in [5.74, 6) is 0.0585. The summed E-state index contributed by atoms with van der Waals surface area (Å²) in [7, 11) is 1.66. The molecule has 0 saturated heterocycles. The van der Waals surface area contributed by atoms with Crippen LogP contribution >= 0.6 is 22.6 Å². The fourth-order valence-electron chi connectivity index (χ4n) is 1.49. The van der Waals surface area contributed by atoms with E-state index >= 15 is 0 Å². The van der Waals surface area contributed by atoms with Crippen molar-refractivity contribution in [2.45, 2.75) is 26.3 Å². The molecule has 1 atom stereocenters. The number of carbonyl (C=O) groups excluding carboxylic acids is 1. The van der Waals surface area contributed by atoms with Crippen LogP contribution in [0.3, 0.4) is 0 Å². The molecule has 0 spiro atoms. The van der Waals surface area contributed by atoms with E-state index in [4.69, 9.17) is 0 Å². The Labute approximate surface area is 110 Å². The predicted octanol–water partition coefficient (Wildman–Crippen LogP) is 2.54. The number of hydrogen-bond donors (Lipinski definition) is 2. The van der Waals surface area contributed by atoms with E-state index in [0.29, 0.717) is 6.42 Å². The maximum Gasteiger partial charge on any atom is 0.221 e. The first-order valence-corrected chi connectivity index (χ1v) is 6.34. The normalized spacial score (nSPS) is 12.0. The fourth-order valence-corrected chi connectivity index (χ4v) is 2.13. The molecule has 4 heteroatoms. The number of aryl methyl sites for hydroxylation is 1. The molecule has 0 radical (unpaired) electrons. The van der Waals surface area contributed by atoms with Crippen LogP contribution in [0.4, 0.5) is 5.69 Å². The Bertz CT molecular complexity index is 379. The summed E-state index contributed by atoms with van der Waals surface area (Å²) >= 11 is 2.29. The van der Waals surface area contributed by atoms with E-state index in [0.717, 1.165) is 5.69 Å². The highest BCUT2D eigenvalue weighted by Gasteiger charge is 2.08. The first kappa shape index (κ1) is 13.3. The van der Waals surface area contributed by atoms with Gasteiger partial charge in [-0.05, 0) is 60.2 Å². The lowest BCUT2D eigenvalue weighted by molar-refractivity contribution is -0.120. The van der Waals surface area contributed by atoms with Crippen LogP contribution < -0.4 is 10.6 Å². The standard InChI is InChI=1S/C12H17IN2O/c1-8-6-10(13)4-5-11(8)15-9(2)7-12(16)14-3/h4-6,9,15H,7H2,1-3H3,(H,14,16). The van der Waals surface area contributed by atoms with Crippen LogP contribution in [0, 0.1) is 10.5 Å². The van der Waals surface area contributed by atoms with Crippen LogP contribution in [0.2, 0.25) is 0 Å². The number of hydrogen-bond acceptors (Lipinski definition) is 2. The van der Waals surface area contributed by atoms with E-state index in [1.807, 2.05) is 6.92 Å². The summed E-state index contributed by atoms with van der Waals surface area (Å²) in [6.45, 7) is 4.07. The molecule has 0 aromatic heterocycles. The van der Waals surface area contributed by atoms with Crippen molar-refractivity contribution in [3.8, 4) is 0 Å². The Balaban J connectivity index is 2.62. The van der Waals surface area contributed by atoms with E-state index in [1.165, 1.54) is 9.13 Å². The summed E-state index contributed by atoms with van der Waals surface area (Å²) in [6, 6.07) is 6.37. The first-order chi connectivity index (χ1) is 7.52. The number of benzene rings is 1. The largest absolute Gasteiger partial charge is 0.382 e. The lowest BCUT2D eigenvalue weighted by Gasteiger charge is -2.16. The number of halogens is 1. The van der Waals surface area contributed by atoms with Crippen LogP contribution in [0.5, 0.6) is 0 Å². The third-order valence-corrected chi connectivity index (χ3v) is 3.03. The molecular formula is C12H17IN2O. The van der Waals surface area contributed by atoms with E-state index in [-0.39, 0.29) is 11.9 Å². The molecule has 0 bridgehead atoms. The Hall–Kier alpha value is -0.780. The highest BCUT2D eigenvalue weighted by Crippen LogP contribution is 2.18. The summed E-state index contributed by atoms with van der Waals surface area (Å²) in [6.07, 6.45) is 0.488. The Morgan fingerprint density at radius 1 is 1.50 bits per heavy atom. The van der Waals surface area contributed by atoms with E-state index in [9.17, 15) is 4.79 Å². The van der Waals surface area contributed by atoms with Gasteiger partial charge in [0, 0.05) is 28.8 Å². The third-order valence-electron chi connectivity index (χ3n) is 2.36. The average molecular weight is 332 g/mol. The number of nitrogens with one attached hydrogen (secondary N) is 2. The van der Waals surface area contributed by atoms with Crippen LogP contribution in [0.1, 0.15) is 18.9 Å². The van der Waals surface area contributed by atoms with Gasteiger partial charge in [-0.2, -0.15) is 0 Å². The molecule has 16 heavy (non-hydrogen) atoms. The minimum absolute atomic E-state index is 0.0585. The minimum Gasteiger partial charge on any atom is -0.382 e. The van der Waals surface area contributed by atoms with Crippen molar-refractivity contribution in [1.29, 1.82) is 0 Å². The molecule has 0 heterocycles. The molecule has 1 unspecified atom stereocenters. The van der Waals surface area contributed by atoms with Gasteiger partial charge < -0.3 is 10.6 Å². The Morgan fingerprint density at radius 3 is 2.75 bits per heavy atom. The minimum atomic E-state index is 0.0585. The molecule has 0 saturated carbocycles. The molecule has 88 valence electrons. The molecule has 3 nitrogen and oxygen atoms in total. The van der Waals surface area contributed by atoms with Gasteiger partial charge in [-0.1, -0.05) is 0 Å². The Kier molecular flexibility index (Phi) is 5.05. The van der Waals surface area contributed by atoms with Crippen LogP contribution in [0.25, 0.3) is 0 Å². The van der Waals surface area contributed by atoms with Crippen molar-refractivity contribution in [2.75, 3.05) is 12.4 Å². The number of rotatable bonds is 4. The molecule has 0 fully saturated rings. The molecule has 2 N–H and O–H groups in total. The zero-order valence-electron chi connectivity index (χ0n) is 9.80. The second-order valence-electron chi connectivity index (χ2n) is 3.88. The zero-order chi connectivity index (χ0) is 12.1. The highest BCUT2D eigenvalue weighted by molar-refractivity contribution is 14.1. The van der Waals surface area contributed by atoms with Crippen molar-refractivity contribution in [1.82, 2.24) is 5.32 Å². The molecule has 1 rings (SSSR count). The van der Waals surface area contributed by atoms with Crippen LogP contribution in [-0.4, -0.2) is 19.0 Å². The average Bonchev–Trinajstić information content (AvgIpc) is 2.22. The summed E-state index contributed by atoms with van der Waals surface area (Å²) in [5, 5.41) is 5.96. The zero-order valence-corrected chi connectivity index (χ0v) is 12.0. The second kappa shape index (κ2) is 6.08. The number of carbonyl (C=O) groups is 1. The monoisotopic (exact) mass is 332 g/mol. The predicted molar refractivity (Wildman–Crippen MR) is 75.7 cm³/mol. The Morgan fingerprint density at radius 2 is 2.19 bits per heavy atom. The molecule has 0 aliphatic rings. The quantitative estimate of drug-likeness (QED) is 0.832. The van der Waals surface area contributed by atoms with Gasteiger partial charge in [-0.3, -0.25) is 4.79 Å². The van der Waals surface area contributed by atoms with Gasteiger partial charge in [0.2, 0.25) is 5.91 Å². The molecule has 1 aromatic carbocycles. The van der Waals surface area contributed by atoms with Gasteiger partial charge in [0.1, 0.15) is 0 Å². The van der Waals surface area contributed by atoms with Crippen molar-refractivity contribution < 1.29 is 4.79 Å². The van der Waals surface area contributed by atoms with Crippen molar-refractivity contribution >= 4 is 34.2 Å². The number of anilines is 1. The van der Waals surface area contributed by atoms with Crippen molar-refractivity contribution in [3.63, 3.8) is 0 Å². The number of amides is 1. The highest BCUT2D eigenvalue weighted by atomic mass is 127. The van der Waals surface area contributed by atoms with Gasteiger partial charge >= 0.3 is 0 Å². The molecular weight excluding hydrogens is 315 g/mol. The fraction of sp³-hybridized carbons (Fsp3) is 0.417. The molecule has 1 aromatic rings. The molecule has 0 aliphatic carbocycles. The van der Waals surface area contributed by atoms with Gasteiger partial charge in [0.15, 0.2) is 0 Å². The maximum absolute atomic E-state index is 11.2. The van der Waals surface area contributed by atoms with Crippen molar-refractivity contribution in [3.05, 3.63) is 27.3 Å². The smallest absolute Gasteiger partial charge is 0.221 e. The van der Waals surface area contributed by atoms with Crippen LogP contribution in [-0.2, 0) is 4.79 Å². The summed E-state index contributed by atoms with van der Waals surface area (Å²) in [5.41, 5.74) is 2.30. The first-order valence-electron chi connectivity index (χ1n) is 5.26. The lowest BCUT2D eigenvalue weighted by Crippen LogP contribution is -2.26. The van der Waals surface area contributed by atoms with Gasteiger partial charge in [0.05, 0.1) is 0 Å². The molecule has 0 aliphatic heterocycles. The van der Waals surface area contributed by atoms with E-state index in [1.54, 1.807) is 7.05 Å². The van der Waals surface area contributed by atoms with Crippen molar-refractivity contribution in [2.24, 2.45) is 0 Å². The second-order valence-corrected chi connectivity index (χ2v) is 5.13. The lowest BCUT2D eigenvalue weighted by atomic mass is 10.1. The van der Waals surface area contributed by atoms with Crippen LogP contribution in [0.15, 0.2) is 18.2 Å². The summed E-state index contributed by atoms with van der Waals surface area (Å²) in [4.78, 5) is 11.2.